The second kappa shape index (κ2) is 5.80. The highest BCUT2D eigenvalue weighted by molar-refractivity contribution is 5.86. The van der Waals surface area contributed by atoms with E-state index in [1.165, 1.54) is 6.08 Å². The number of hydrogen-bond acceptors (Lipinski definition) is 3. The molecule has 0 heterocycles. The van der Waals surface area contributed by atoms with Crippen LogP contribution in [0.3, 0.4) is 0 Å². The summed E-state index contributed by atoms with van der Waals surface area (Å²) < 4.78 is 10.4. The van der Waals surface area contributed by atoms with Crippen molar-refractivity contribution in [2.24, 2.45) is 0 Å². The summed E-state index contributed by atoms with van der Waals surface area (Å²) in [6, 6.07) is 5.23. The van der Waals surface area contributed by atoms with Crippen molar-refractivity contribution in [3.63, 3.8) is 0 Å². The molecule has 0 aliphatic rings. The van der Waals surface area contributed by atoms with Crippen LogP contribution in [0.15, 0.2) is 24.3 Å². The van der Waals surface area contributed by atoms with Crippen LogP contribution in [-0.4, -0.2) is 24.8 Å². The Balaban J connectivity index is 3.02. The van der Waals surface area contributed by atoms with Crippen LogP contribution in [0.2, 0.25) is 0 Å². The lowest BCUT2D eigenvalue weighted by Crippen LogP contribution is -1.95. The highest BCUT2D eigenvalue weighted by Crippen LogP contribution is 2.25. The number of ether oxygens (including phenoxy) is 2. The predicted molar refractivity (Wildman–Crippen MR) is 60.8 cm³/mol. The largest absolute Gasteiger partial charge is 0.497 e. The van der Waals surface area contributed by atoms with E-state index in [4.69, 9.17) is 14.6 Å². The predicted octanol–water partition coefficient (Wildman–Crippen LogP) is 2.19. The lowest BCUT2D eigenvalue weighted by molar-refractivity contribution is -0.131. The van der Waals surface area contributed by atoms with Crippen LogP contribution in [0.5, 0.6) is 11.5 Å². The Morgan fingerprint density at radius 1 is 1.50 bits per heavy atom. The Bertz CT molecular complexity index is 396. The van der Waals surface area contributed by atoms with Gasteiger partial charge in [-0.15, -0.1) is 0 Å². The first-order valence-electron chi connectivity index (χ1n) is 4.89. The van der Waals surface area contributed by atoms with Gasteiger partial charge in [-0.3, -0.25) is 0 Å². The molecule has 0 amide bonds. The minimum Gasteiger partial charge on any atom is -0.497 e. The van der Waals surface area contributed by atoms with Crippen molar-refractivity contribution in [2.45, 2.75) is 6.92 Å². The number of carboxylic acid groups (broad SMARTS) is 1. The van der Waals surface area contributed by atoms with Crippen molar-refractivity contribution in [3.8, 4) is 11.5 Å². The van der Waals surface area contributed by atoms with Gasteiger partial charge in [-0.1, -0.05) is 0 Å². The normalized spacial score (nSPS) is 10.4. The van der Waals surface area contributed by atoms with Gasteiger partial charge in [0.05, 0.1) is 13.7 Å². The highest BCUT2D eigenvalue weighted by Gasteiger charge is 2.03. The Morgan fingerprint density at radius 2 is 2.25 bits per heavy atom. The van der Waals surface area contributed by atoms with E-state index < -0.39 is 5.97 Å². The van der Waals surface area contributed by atoms with Crippen molar-refractivity contribution in [2.75, 3.05) is 13.7 Å². The minimum atomic E-state index is -0.988. The molecule has 86 valence electrons. The van der Waals surface area contributed by atoms with Crippen molar-refractivity contribution in [1.82, 2.24) is 0 Å². The van der Waals surface area contributed by atoms with E-state index >= 15 is 0 Å². The average molecular weight is 222 g/mol. The second-order valence-electron chi connectivity index (χ2n) is 3.01. The number of carbonyl (C=O) groups is 1. The SMILES string of the molecule is CCOc1cc(OC)ccc1C=CC(=O)O. The van der Waals surface area contributed by atoms with Gasteiger partial charge in [-0.25, -0.2) is 4.79 Å². The molecule has 0 saturated carbocycles. The van der Waals surface area contributed by atoms with E-state index in [1.807, 2.05) is 6.92 Å². The van der Waals surface area contributed by atoms with E-state index in [2.05, 4.69) is 0 Å². The van der Waals surface area contributed by atoms with E-state index in [9.17, 15) is 4.79 Å². The summed E-state index contributed by atoms with van der Waals surface area (Å²) in [5.41, 5.74) is 0.713. The highest BCUT2D eigenvalue weighted by atomic mass is 16.5. The van der Waals surface area contributed by atoms with E-state index in [-0.39, 0.29) is 0 Å². The summed E-state index contributed by atoms with van der Waals surface area (Å²) >= 11 is 0. The first-order chi connectivity index (χ1) is 7.67. The number of benzene rings is 1. The number of rotatable bonds is 5. The van der Waals surface area contributed by atoms with Crippen LogP contribution in [0.1, 0.15) is 12.5 Å². The molecule has 4 heteroatoms. The lowest BCUT2D eigenvalue weighted by Gasteiger charge is -2.08. The first kappa shape index (κ1) is 12.1. The maximum Gasteiger partial charge on any atom is 0.328 e. The average Bonchev–Trinajstić information content (AvgIpc) is 2.27. The summed E-state index contributed by atoms with van der Waals surface area (Å²) in [6.45, 7) is 2.38. The molecule has 0 aliphatic carbocycles. The summed E-state index contributed by atoms with van der Waals surface area (Å²) in [5, 5.41) is 8.54. The van der Waals surface area contributed by atoms with Gasteiger partial charge in [-0.05, 0) is 25.1 Å². The Hall–Kier alpha value is -1.97. The molecule has 0 atom stereocenters. The van der Waals surface area contributed by atoms with E-state index in [0.29, 0.717) is 23.7 Å². The number of methoxy groups -OCH3 is 1. The van der Waals surface area contributed by atoms with Crippen LogP contribution >= 0.6 is 0 Å². The molecule has 0 saturated heterocycles. The molecular weight excluding hydrogens is 208 g/mol. The number of aliphatic carboxylic acids is 1. The summed E-state index contributed by atoms with van der Waals surface area (Å²) in [7, 11) is 1.57. The Labute approximate surface area is 94.1 Å². The van der Waals surface area contributed by atoms with Gasteiger partial charge in [0.1, 0.15) is 11.5 Å². The van der Waals surface area contributed by atoms with Crippen LogP contribution in [0, 0.1) is 0 Å². The molecule has 0 unspecified atom stereocenters. The molecule has 0 bridgehead atoms. The van der Waals surface area contributed by atoms with Crippen LogP contribution in [0.25, 0.3) is 6.08 Å². The number of hydrogen-bond donors (Lipinski definition) is 1. The molecule has 1 rings (SSSR count). The molecule has 1 aromatic carbocycles. The van der Waals surface area contributed by atoms with Crippen LogP contribution in [-0.2, 0) is 4.79 Å². The first-order valence-corrected chi connectivity index (χ1v) is 4.89. The van der Waals surface area contributed by atoms with Gasteiger partial charge in [0.15, 0.2) is 0 Å². The van der Waals surface area contributed by atoms with Gasteiger partial charge in [0, 0.05) is 17.7 Å². The maximum absolute atomic E-state index is 10.4. The van der Waals surface area contributed by atoms with Crippen molar-refractivity contribution in [3.05, 3.63) is 29.8 Å². The van der Waals surface area contributed by atoms with Gasteiger partial charge in [0.25, 0.3) is 0 Å². The monoisotopic (exact) mass is 222 g/mol. The minimum absolute atomic E-state index is 0.515. The zero-order valence-electron chi connectivity index (χ0n) is 9.27. The third-order valence-corrected chi connectivity index (χ3v) is 1.93. The number of carboxylic acids is 1. The molecule has 1 N–H and O–H groups in total. The zero-order valence-corrected chi connectivity index (χ0v) is 9.27. The molecule has 0 spiro atoms. The van der Waals surface area contributed by atoms with Gasteiger partial charge in [-0.2, -0.15) is 0 Å². The quantitative estimate of drug-likeness (QED) is 0.776. The molecule has 0 radical (unpaired) electrons. The zero-order chi connectivity index (χ0) is 12.0. The standard InChI is InChI=1S/C12H14O4/c1-3-16-11-8-10(15-2)6-4-9(11)5-7-12(13)14/h4-8H,3H2,1-2H3,(H,13,14). The van der Waals surface area contributed by atoms with E-state index in [1.54, 1.807) is 25.3 Å². The maximum atomic E-state index is 10.4. The molecule has 16 heavy (non-hydrogen) atoms. The lowest BCUT2D eigenvalue weighted by atomic mass is 10.1. The molecule has 1 aromatic rings. The summed E-state index contributed by atoms with van der Waals surface area (Å²) in [4.78, 5) is 10.4. The molecule has 4 nitrogen and oxygen atoms in total. The van der Waals surface area contributed by atoms with Crippen molar-refractivity contribution >= 4 is 12.0 Å². The fraction of sp³-hybridized carbons (Fsp3) is 0.250. The third-order valence-electron chi connectivity index (χ3n) is 1.93. The molecule has 0 aliphatic heterocycles. The van der Waals surface area contributed by atoms with E-state index in [0.717, 1.165) is 6.08 Å². The second-order valence-corrected chi connectivity index (χ2v) is 3.01. The Morgan fingerprint density at radius 3 is 2.81 bits per heavy atom. The van der Waals surface area contributed by atoms with Crippen molar-refractivity contribution < 1.29 is 19.4 Å². The van der Waals surface area contributed by atoms with Gasteiger partial charge >= 0.3 is 5.97 Å². The van der Waals surface area contributed by atoms with Crippen LogP contribution in [0.4, 0.5) is 0 Å². The summed E-state index contributed by atoms with van der Waals surface area (Å²) in [6.07, 6.45) is 2.57. The fourth-order valence-corrected chi connectivity index (χ4v) is 1.22. The fourth-order valence-electron chi connectivity index (χ4n) is 1.22. The smallest absolute Gasteiger partial charge is 0.328 e. The van der Waals surface area contributed by atoms with Gasteiger partial charge in [0.2, 0.25) is 0 Å². The third kappa shape index (κ3) is 3.31. The van der Waals surface area contributed by atoms with Crippen LogP contribution < -0.4 is 9.47 Å². The topological polar surface area (TPSA) is 55.8 Å². The van der Waals surface area contributed by atoms with Crippen molar-refractivity contribution in [1.29, 1.82) is 0 Å². The Kier molecular flexibility index (Phi) is 4.39. The molecule has 0 aromatic heterocycles. The summed E-state index contributed by atoms with van der Waals surface area (Å²) in [5.74, 6) is 0.300. The van der Waals surface area contributed by atoms with Gasteiger partial charge < -0.3 is 14.6 Å². The molecule has 0 fully saturated rings. The molecular formula is C12H14O4.